The maximum atomic E-state index is 12.8. The van der Waals surface area contributed by atoms with Gasteiger partial charge in [0.2, 0.25) is 0 Å². The number of anilines is 1. The van der Waals surface area contributed by atoms with Gasteiger partial charge in [-0.05, 0) is 37.6 Å². The Morgan fingerprint density at radius 1 is 1.32 bits per heavy atom. The Labute approximate surface area is 172 Å². The van der Waals surface area contributed by atoms with Crippen molar-refractivity contribution < 1.29 is 9.53 Å². The number of hydrogen-bond donors (Lipinski definition) is 1. The highest BCUT2D eigenvalue weighted by atomic mass is 79.9. The Kier molecular flexibility index (Phi) is 5.54. The van der Waals surface area contributed by atoms with Crippen molar-refractivity contribution in [2.24, 2.45) is 5.92 Å². The summed E-state index contributed by atoms with van der Waals surface area (Å²) >= 11 is 3.48. The highest BCUT2D eigenvalue weighted by Gasteiger charge is 2.19. The number of nitrogens with one attached hydrogen (secondary N) is 1. The van der Waals surface area contributed by atoms with Gasteiger partial charge < -0.3 is 10.1 Å². The molecule has 4 rings (SSSR count). The van der Waals surface area contributed by atoms with Gasteiger partial charge in [-0.25, -0.2) is 4.68 Å². The molecule has 1 N–H and O–H groups in total. The van der Waals surface area contributed by atoms with Crippen molar-refractivity contribution in [1.29, 1.82) is 0 Å². The standard InChI is InChI=1S/C21H21BrN4O2/c1-14-18(5-6-19(24-14)16-3-2-4-17(22)11-16)21(27)25-20-7-9-23-26(20)12-15-8-10-28-13-15/h2-7,9,11,15H,8,10,12-13H2,1H3,(H,25,27). The fourth-order valence-electron chi connectivity index (χ4n) is 3.35. The van der Waals surface area contributed by atoms with E-state index in [9.17, 15) is 4.79 Å². The predicted molar refractivity (Wildman–Crippen MR) is 111 cm³/mol. The van der Waals surface area contributed by atoms with Crippen molar-refractivity contribution in [2.45, 2.75) is 19.9 Å². The molecule has 1 aliphatic heterocycles. The van der Waals surface area contributed by atoms with E-state index in [1.807, 2.05) is 54.1 Å². The smallest absolute Gasteiger partial charge is 0.258 e. The lowest BCUT2D eigenvalue weighted by Gasteiger charge is -2.13. The number of rotatable bonds is 5. The molecule has 6 nitrogen and oxygen atoms in total. The summed E-state index contributed by atoms with van der Waals surface area (Å²) in [6.45, 7) is 4.13. The van der Waals surface area contributed by atoms with Crippen LogP contribution in [0.4, 0.5) is 5.82 Å². The quantitative estimate of drug-likeness (QED) is 0.641. The number of pyridine rings is 1. The number of amides is 1. The molecule has 1 amide bonds. The molecule has 0 saturated carbocycles. The zero-order valence-corrected chi connectivity index (χ0v) is 17.1. The topological polar surface area (TPSA) is 69.0 Å². The predicted octanol–water partition coefficient (Wildman–Crippen LogP) is 4.30. The molecule has 1 aliphatic rings. The number of aromatic nitrogens is 3. The number of carbonyl (C=O) groups is 1. The van der Waals surface area contributed by atoms with Crippen molar-refractivity contribution in [3.05, 3.63) is 64.4 Å². The average molecular weight is 441 g/mol. The summed E-state index contributed by atoms with van der Waals surface area (Å²) < 4.78 is 8.25. The van der Waals surface area contributed by atoms with Crippen molar-refractivity contribution >= 4 is 27.7 Å². The molecule has 1 aromatic carbocycles. The summed E-state index contributed by atoms with van der Waals surface area (Å²) in [5.74, 6) is 0.936. The molecule has 3 aromatic rings. The number of benzene rings is 1. The van der Waals surface area contributed by atoms with Gasteiger partial charge in [-0.3, -0.25) is 9.78 Å². The molecule has 1 atom stereocenters. The maximum absolute atomic E-state index is 12.8. The minimum Gasteiger partial charge on any atom is -0.381 e. The van der Waals surface area contributed by atoms with Gasteiger partial charge >= 0.3 is 0 Å². The van der Waals surface area contributed by atoms with E-state index < -0.39 is 0 Å². The summed E-state index contributed by atoms with van der Waals surface area (Å²) in [5.41, 5.74) is 3.07. The molecule has 7 heteroatoms. The summed E-state index contributed by atoms with van der Waals surface area (Å²) in [5, 5.41) is 7.30. The number of halogens is 1. The van der Waals surface area contributed by atoms with Crippen LogP contribution in [0.5, 0.6) is 0 Å². The van der Waals surface area contributed by atoms with E-state index in [0.29, 0.717) is 23.0 Å². The van der Waals surface area contributed by atoms with Crippen molar-refractivity contribution in [3.63, 3.8) is 0 Å². The molecule has 144 valence electrons. The Morgan fingerprint density at radius 3 is 2.96 bits per heavy atom. The van der Waals surface area contributed by atoms with Crippen LogP contribution in [0, 0.1) is 12.8 Å². The van der Waals surface area contributed by atoms with Gasteiger partial charge in [-0.2, -0.15) is 5.10 Å². The van der Waals surface area contributed by atoms with Gasteiger partial charge in [0.05, 0.1) is 29.8 Å². The first kappa shape index (κ1) is 18.8. The second-order valence-electron chi connectivity index (χ2n) is 6.92. The van der Waals surface area contributed by atoms with Crippen LogP contribution in [0.2, 0.25) is 0 Å². The molecular formula is C21H21BrN4O2. The van der Waals surface area contributed by atoms with E-state index in [0.717, 1.165) is 41.9 Å². The fourth-order valence-corrected chi connectivity index (χ4v) is 3.75. The van der Waals surface area contributed by atoms with Crippen LogP contribution in [-0.4, -0.2) is 33.9 Å². The van der Waals surface area contributed by atoms with E-state index in [-0.39, 0.29) is 5.91 Å². The van der Waals surface area contributed by atoms with Crippen LogP contribution in [0.1, 0.15) is 22.5 Å². The van der Waals surface area contributed by atoms with Crippen LogP contribution in [0.15, 0.2) is 53.1 Å². The lowest BCUT2D eigenvalue weighted by molar-refractivity contribution is 0.102. The number of nitrogens with zero attached hydrogens (tertiary/aromatic N) is 3. The molecule has 1 saturated heterocycles. The van der Waals surface area contributed by atoms with Crippen LogP contribution >= 0.6 is 15.9 Å². The molecule has 1 fully saturated rings. The molecule has 1 unspecified atom stereocenters. The van der Waals surface area contributed by atoms with Gasteiger partial charge in [-0.1, -0.05) is 28.1 Å². The second kappa shape index (κ2) is 8.24. The minimum atomic E-state index is -0.185. The molecule has 2 aromatic heterocycles. The van der Waals surface area contributed by atoms with E-state index in [1.165, 1.54) is 0 Å². The average Bonchev–Trinajstić information content (AvgIpc) is 3.34. The SMILES string of the molecule is Cc1nc(-c2cccc(Br)c2)ccc1C(=O)Nc1ccnn1CC1CCOC1. The highest BCUT2D eigenvalue weighted by Crippen LogP contribution is 2.23. The van der Waals surface area contributed by atoms with Crippen molar-refractivity contribution in [1.82, 2.24) is 14.8 Å². The van der Waals surface area contributed by atoms with E-state index in [1.54, 1.807) is 6.20 Å². The lowest BCUT2D eigenvalue weighted by Crippen LogP contribution is -2.19. The van der Waals surface area contributed by atoms with E-state index in [2.05, 4.69) is 31.3 Å². The van der Waals surface area contributed by atoms with Crippen molar-refractivity contribution in [3.8, 4) is 11.3 Å². The summed E-state index contributed by atoms with van der Waals surface area (Å²) in [7, 11) is 0. The first-order valence-corrected chi connectivity index (χ1v) is 10.0. The number of aryl methyl sites for hydroxylation is 1. The van der Waals surface area contributed by atoms with Crippen LogP contribution < -0.4 is 5.32 Å². The van der Waals surface area contributed by atoms with Gasteiger partial charge in [0.25, 0.3) is 5.91 Å². The van der Waals surface area contributed by atoms with Gasteiger partial charge in [-0.15, -0.1) is 0 Å². The third-order valence-electron chi connectivity index (χ3n) is 4.86. The van der Waals surface area contributed by atoms with E-state index >= 15 is 0 Å². The number of ether oxygens (including phenoxy) is 1. The summed E-state index contributed by atoms with van der Waals surface area (Å²) in [6.07, 6.45) is 2.72. The minimum absolute atomic E-state index is 0.185. The molecule has 28 heavy (non-hydrogen) atoms. The van der Waals surface area contributed by atoms with Crippen molar-refractivity contribution in [2.75, 3.05) is 18.5 Å². The van der Waals surface area contributed by atoms with Gasteiger partial charge in [0, 0.05) is 35.2 Å². The van der Waals surface area contributed by atoms with Crippen LogP contribution in [0.25, 0.3) is 11.3 Å². The van der Waals surface area contributed by atoms with E-state index in [4.69, 9.17) is 4.74 Å². The second-order valence-corrected chi connectivity index (χ2v) is 7.84. The lowest BCUT2D eigenvalue weighted by atomic mass is 10.1. The molecule has 3 heterocycles. The molecule has 0 radical (unpaired) electrons. The Balaban J connectivity index is 1.50. The maximum Gasteiger partial charge on any atom is 0.258 e. The normalized spacial score (nSPS) is 16.3. The van der Waals surface area contributed by atoms with Gasteiger partial charge in [0.1, 0.15) is 5.82 Å². The Hall–Kier alpha value is -2.51. The fraction of sp³-hybridized carbons (Fsp3) is 0.286. The monoisotopic (exact) mass is 440 g/mol. The number of hydrogen-bond acceptors (Lipinski definition) is 4. The summed E-state index contributed by atoms with van der Waals surface area (Å²) in [4.78, 5) is 17.4. The Bertz CT molecular complexity index is 996. The number of carbonyl (C=O) groups excluding carboxylic acids is 1. The first-order chi connectivity index (χ1) is 13.6. The zero-order chi connectivity index (χ0) is 19.5. The highest BCUT2D eigenvalue weighted by molar-refractivity contribution is 9.10. The Morgan fingerprint density at radius 2 is 2.21 bits per heavy atom. The first-order valence-electron chi connectivity index (χ1n) is 9.24. The molecule has 0 spiro atoms. The van der Waals surface area contributed by atoms with Crippen LogP contribution in [-0.2, 0) is 11.3 Å². The molecule has 0 aliphatic carbocycles. The molecule has 0 bridgehead atoms. The third kappa shape index (κ3) is 4.15. The van der Waals surface area contributed by atoms with Gasteiger partial charge in [0.15, 0.2) is 0 Å². The molecular weight excluding hydrogens is 420 g/mol. The third-order valence-corrected chi connectivity index (χ3v) is 5.36. The largest absolute Gasteiger partial charge is 0.381 e. The summed E-state index contributed by atoms with van der Waals surface area (Å²) in [6, 6.07) is 13.4. The van der Waals surface area contributed by atoms with Crippen LogP contribution in [0.3, 0.4) is 0 Å². The zero-order valence-electron chi connectivity index (χ0n) is 15.6.